The topological polar surface area (TPSA) is 62.3 Å². The molecule has 1 aliphatic rings. The number of benzene rings is 2. The summed E-state index contributed by atoms with van der Waals surface area (Å²) in [5, 5.41) is 3.54. The van der Waals surface area contributed by atoms with Gasteiger partial charge in [-0.15, -0.1) is 0 Å². The molecule has 3 aromatic rings. The van der Waals surface area contributed by atoms with E-state index in [1.54, 1.807) is 23.1 Å². The van der Waals surface area contributed by atoms with Crippen LogP contribution < -0.4 is 5.32 Å². The molecule has 0 saturated carbocycles. The van der Waals surface area contributed by atoms with E-state index in [4.69, 9.17) is 0 Å². The molecule has 1 fully saturated rings. The van der Waals surface area contributed by atoms with Crippen molar-refractivity contribution in [2.75, 3.05) is 19.6 Å². The minimum Gasteiger partial charge on any atom is -0.354 e. The van der Waals surface area contributed by atoms with Crippen LogP contribution in [0.1, 0.15) is 16.8 Å². The minimum absolute atomic E-state index is 0.0445. The molecule has 1 aromatic heterocycles. The summed E-state index contributed by atoms with van der Waals surface area (Å²) in [5.74, 6) is -0.497. The number of nitrogens with zero attached hydrogens (tertiary/aromatic N) is 2. The largest absolute Gasteiger partial charge is 0.354 e. The van der Waals surface area contributed by atoms with Crippen LogP contribution in [0.15, 0.2) is 54.6 Å². The Kier molecular flexibility index (Phi) is 4.54. The van der Waals surface area contributed by atoms with Crippen molar-refractivity contribution in [3.63, 3.8) is 0 Å². The highest BCUT2D eigenvalue weighted by Crippen LogP contribution is 2.26. The van der Waals surface area contributed by atoms with Gasteiger partial charge in [-0.1, -0.05) is 18.2 Å². The second-order valence-electron chi connectivity index (χ2n) is 6.47. The Morgan fingerprint density at radius 3 is 2.67 bits per heavy atom. The normalized spacial score (nSPS) is 14.7. The molecule has 5 nitrogen and oxygen atoms in total. The number of amides is 2. The van der Waals surface area contributed by atoms with Crippen LogP contribution in [0.25, 0.3) is 22.2 Å². The number of hydrogen-bond acceptors (Lipinski definition) is 3. The predicted molar refractivity (Wildman–Crippen MR) is 101 cm³/mol. The number of hydrogen-bond donors (Lipinski definition) is 1. The first-order chi connectivity index (χ1) is 13.1. The first-order valence-corrected chi connectivity index (χ1v) is 8.83. The number of para-hydroxylation sites is 1. The van der Waals surface area contributed by atoms with Crippen molar-refractivity contribution in [1.82, 2.24) is 15.2 Å². The first-order valence-electron chi connectivity index (χ1n) is 8.83. The third-order valence-electron chi connectivity index (χ3n) is 4.69. The molecule has 0 radical (unpaired) electrons. The maximum absolute atomic E-state index is 13.3. The van der Waals surface area contributed by atoms with Gasteiger partial charge in [0.2, 0.25) is 5.91 Å². The molecule has 27 heavy (non-hydrogen) atoms. The molecule has 0 unspecified atom stereocenters. The molecular formula is C21H18FN3O2. The average Bonchev–Trinajstić information content (AvgIpc) is 2.91. The van der Waals surface area contributed by atoms with Crippen molar-refractivity contribution in [2.24, 2.45) is 0 Å². The molecule has 1 N–H and O–H groups in total. The highest BCUT2D eigenvalue weighted by molar-refractivity contribution is 6.07. The molecule has 136 valence electrons. The average molecular weight is 363 g/mol. The van der Waals surface area contributed by atoms with E-state index >= 15 is 0 Å². The molecule has 0 atom stereocenters. The van der Waals surface area contributed by atoms with Crippen molar-refractivity contribution in [2.45, 2.75) is 6.42 Å². The summed E-state index contributed by atoms with van der Waals surface area (Å²) in [7, 11) is 0. The Bertz CT molecular complexity index is 1020. The summed E-state index contributed by atoms with van der Waals surface area (Å²) in [6, 6.07) is 15.2. The van der Waals surface area contributed by atoms with E-state index in [-0.39, 0.29) is 17.6 Å². The summed E-state index contributed by atoms with van der Waals surface area (Å²) in [4.78, 5) is 31.1. The third-order valence-corrected chi connectivity index (χ3v) is 4.69. The van der Waals surface area contributed by atoms with Gasteiger partial charge in [0.1, 0.15) is 5.82 Å². The number of carbonyl (C=O) groups excluding carboxylic acids is 2. The number of pyridine rings is 1. The zero-order valence-electron chi connectivity index (χ0n) is 14.6. The minimum atomic E-state index is -0.322. The molecule has 0 bridgehead atoms. The van der Waals surface area contributed by atoms with Gasteiger partial charge in [0, 0.05) is 37.0 Å². The van der Waals surface area contributed by atoms with Crippen LogP contribution in [0.2, 0.25) is 0 Å². The molecule has 0 spiro atoms. The Morgan fingerprint density at radius 2 is 1.85 bits per heavy atom. The fourth-order valence-corrected chi connectivity index (χ4v) is 3.26. The van der Waals surface area contributed by atoms with Crippen LogP contribution in [-0.2, 0) is 4.79 Å². The van der Waals surface area contributed by atoms with Crippen molar-refractivity contribution >= 4 is 22.7 Å². The van der Waals surface area contributed by atoms with Crippen molar-refractivity contribution < 1.29 is 14.0 Å². The summed E-state index contributed by atoms with van der Waals surface area (Å²) >= 11 is 0. The molecule has 4 rings (SSSR count). The van der Waals surface area contributed by atoms with Crippen LogP contribution >= 0.6 is 0 Å². The Hall–Kier alpha value is -3.28. The number of nitrogens with one attached hydrogen (secondary N) is 1. The molecular weight excluding hydrogens is 345 g/mol. The molecule has 6 heteroatoms. The Balaban J connectivity index is 1.79. The Labute approximate surface area is 155 Å². The summed E-state index contributed by atoms with van der Waals surface area (Å²) < 4.78 is 13.3. The predicted octanol–water partition coefficient (Wildman–Crippen LogP) is 3.00. The summed E-state index contributed by atoms with van der Waals surface area (Å²) in [6.45, 7) is 1.29. The molecule has 2 amide bonds. The number of aromatic nitrogens is 1. The first kappa shape index (κ1) is 17.1. The summed E-state index contributed by atoms with van der Waals surface area (Å²) in [6.07, 6.45) is 0.291. The van der Waals surface area contributed by atoms with Crippen LogP contribution in [0.5, 0.6) is 0 Å². The lowest BCUT2D eigenvalue weighted by Crippen LogP contribution is -2.34. The van der Waals surface area contributed by atoms with Gasteiger partial charge in [-0.25, -0.2) is 9.37 Å². The lowest BCUT2D eigenvalue weighted by atomic mass is 10.0. The third kappa shape index (κ3) is 3.51. The molecule has 0 aliphatic carbocycles. The summed E-state index contributed by atoms with van der Waals surface area (Å²) in [5.41, 5.74) is 2.59. The highest BCUT2D eigenvalue weighted by Gasteiger charge is 2.22. The van der Waals surface area contributed by atoms with E-state index in [9.17, 15) is 14.0 Å². The standard InChI is InChI=1S/C21H18FN3O2/c22-15-7-5-14(6-8-15)19-13-17(16-3-1-2-4-18(16)24-19)21(27)25-11-9-20(26)23-10-12-25/h1-8,13H,9-12H2,(H,23,26). The molecule has 1 saturated heterocycles. The second kappa shape index (κ2) is 7.15. The van der Waals surface area contributed by atoms with Gasteiger partial charge >= 0.3 is 0 Å². The van der Waals surface area contributed by atoms with Gasteiger partial charge in [-0.2, -0.15) is 0 Å². The van der Waals surface area contributed by atoms with Crippen molar-refractivity contribution in [3.8, 4) is 11.3 Å². The smallest absolute Gasteiger partial charge is 0.254 e. The van der Waals surface area contributed by atoms with Gasteiger partial charge in [0.15, 0.2) is 0 Å². The number of carbonyl (C=O) groups is 2. The van der Waals surface area contributed by atoms with E-state index < -0.39 is 0 Å². The van der Waals surface area contributed by atoms with E-state index in [1.807, 2.05) is 24.3 Å². The fourth-order valence-electron chi connectivity index (χ4n) is 3.26. The molecule has 1 aliphatic heterocycles. The van der Waals surface area contributed by atoms with Crippen LogP contribution in [0, 0.1) is 5.82 Å². The lowest BCUT2D eigenvalue weighted by molar-refractivity contribution is -0.120. The van der Waals surface area contributed by atoms with Gasteiger partial charge in [0.05, 0.1) is 16.8 Å². The van der Waals surface area contributed by atoms with E-state index in [0.29, 0.717) is 42.8 Å². The van der Waals surface area contributed by atoms with Gasteiger partial charge in [-0.05, 0) is 36.4 Å². The zero-order chi connectivity index (χ0) is 18.8. The number of fused-ring (bicyclic) bond motifs is 1. The van der Waals surface area contributed by atoms with Crippen LogP contribution in [-0.4, -0.2) is 41.3 Å². The zero-order valence-corrected chi connectivity index (χ0v) is 14.6. The SMILES string of the molecule is O=C1CCN(C(=O)c2cc(-c3ccc(F)cc3)nc3ccccc23)CCN1. The van der Waals surface area contributed by atoms with Gasteiger partial charge < -0.3 is 10.2 Å². The van der Waals surface area contributed by atoms with Crippen LogP contribution in [0.3, 0.4) is 0 Å². The van der Waals surface area contributed by atoms with Crippen LogP contribution in [0.4, 0.5) is 4.39 Å². The number of halogens is 1. The van der Waals surface area contributed by atoms with E-state index in [1.165, 1.54) is 12.1 Å². The molecule has 2 heterocycles. The second-order valence-corrected chi connectivity index (χ2v) is 6.47. The van der Waals surface area contributed by atoms with Gasteiger partial charge in [0.25, 0.3) is 5.91 Å². The highest BCUT2D eigenvalue weighted by atomic mass is 19.1. The fraction of sp³-hybridized carbons (Fsp3) is 0.190. The maximum Gasteiger partial charge on any atom is 0.254 e. The van der Waals surface area contributed by atoms with Crippen molar-refractivity contribution in [1.29, 1.82) is 0 Å². The lowest BCUT2D eigenvalue weighted by Gasteiger charge is -2.21. The molecule has 2 aromatic carbocycles. The monoisotopic (exact) mass is 363 g/mol. The quantitative estimate of drug-likeness (QED) is 0.761. The number of rotatable bonds is 2. The van der Waals surface area contributed by atoms with E-state index in [2.05, 4.69) is 10.3 Å². The van der Waals surface area contributed by atoms with E-state index in [0.717, 1.165) is 10.9 Å². The Morgan fingerprint density at radius 1 is 1.07 bits per heavy atom. The maximum atomic E-state index is 13.3. The van der Waals surface area contributed by atoms with Crippen molar-refractivity contribution in [3.05, 3.63) is 66.0 Å². The van der Waals surface area contributed by atoms with Gasteiger partial charge in [-0.3, -0.25) is 9.59 Å².